The number of alkyl halides is 1. The van der Waals surface area contributed by atoms with Gasteiger partial charge in [-0.25, -0.2) is 9.52 Å². The van der Waals surface area contributed by atoms with E-state index in [0.29, 0.717) is 11.8 Å². The summed E-state index contributed by atoms with van der Waals surface area (Å²) in [4.78, 5) is 10.9. The van der Waals surface area contributed by atoms with Gasteiger partial charge in [0, 0.05) is 11.4 Å². The number of hydrogen-bond donors (Lipinski definition) is 2. The van der Waals surface area contributed by atoms with E-state index in [1.165, 1.54) is 0 Å². The van der Waals surface area contributed by atoms with Crippen molar-refractivity contribution >= 4 is 32.2 Å². The van der Waals surface area contributed by atoms with E-state index in [4.69, 9.17) is 0 Å². The highest BCUT2D eigenvalue weighted by molar-refractivity contribution is 9.09. The molecule has 1 amide bonds. The number of hydrogen-bond acceptors (Lipinski definition) is 4. The van der Waals surface area contributed by atoms with E-state index >= 15 is 0 Å². The Hall–Kier alpha value is -0.340. The molecule has 0 saturated carbocycles. The van der Waals surface area contributed by atoms with Crippen LogP contribution in [0.3, 0.4) is 0 Å². The Bertz CT molecular complexity index is 350. The molecule has 0 heterocycles. The largest absolute Gasteiger partial charge is 0.452 e. The fourth-order valence-corrected chi connectivity index (χ4v) is 2.81. The van der Waals surface area contributed by atoms with Gasteiger partial charge in [0.15, 0.2) is 0 Å². The van der Waals surface area contributed by atoms with Crippen LogP contribution in [0, 0.1) is 5.41 Å². The highest BCUT2D eigenvalue weighted by Gasteiger charge is 2.29. The van der Waals surface area contributed by atoms with Gasteiger partial charge in [-0.1, -0.05) is 36.7 Å². The van der Waals surface area contributed by atoms with E-state index in [-0.39, 0.29) is 11.5 Å². The Labute approximate surface area is 111 Å². The molecule has 2 N–H and O–H groups in total. The first kappa shape index (κ1) is 16.7. The lowest BCUT2D eigenvalue weighted by Gasteiger charge is -2.30. The maximum Gasteiger partial charge on any atom is 0.421 e. The lowest BCUT2D eigenvalue weighted by Crippen LogP contribution is -2.49. The highest BCUT2D eigenvalue weighted by Crippen LogP contribution is 2.22. The van der Waals surface area contributed by atoms with E-state index in [1.807, 2.05) is 20.8 Å². The van der Waals surface area contributed by atoms with Gasteiger partial charge < -0.3 is 4.74 Å². The summed E-state index contributed by atoms with van der Waals surface area (Å²) in [5, 5.41) is 0.662. The SMILES string of the molecule is COC(=O)NS(=O)(=O)NC(CCBr)C(C)(C)C. The minimum absolute atomic E-state index is 0.251. The molecule has 0 spiro atoms. The molecule has 8 heteroatoms. The molecule has 0 bridgehead atoms. The zero-order valence-electron chi connectivity index (χ0n) is 10.4. The Kier molecular flexibility index (Phi) is 6.42. The number of methoxy groups -OCH3 is 1. The van der Waals surface area contributed by atoms with Gasteiger partial charge in [-0.05, 0) is 11.8 Å². The molecule has 0 aliphatic heterocycles. The maximum atomic E-state index is 11.6. The predicted octanol–water partition coefficient (Wildman–Crippen LogP) is 1.38. The number of nitrogens with one attached hydrogen (secondary N) is 2. The number of carbonyl (C=O) groups excluding carboxylic acids is 1. The van der Waals surface area contributed by atoms with Crippen LogP contribution in [0.5, 0.6) is 0 Å². The zero-order valence-corrected chi connectivity index (χ0v) is 12.8. The van der Waals surface area contributed by atoms with Crippen molar-refractivity contribution in [2.75, 3.05) is 12.4 Å². The topological polar surface area (TPSA) is 84.5 Å². The lowest BCUT2D eigenvalue weighted by atomic mass is 9.86. The molecule has 0 aliphatic carbocycles. The Balaban J connectivity index is 4.70. The van der Waals surface area contributed by atoms with E-state index < -0.39 is 16.3 Å². The molecule has 0 aromatic rings. The van der Waals surface area contributed by atoms with Crippen LogP contribution in [0.25, 0.3) is 0 Å². The first-order valence-corrected chi connectivity index (χ1v) is 7.67. The summed E-state index contributed by atoms with van der Waals surface area (Å²) in [5.41, 5.74) is -0.251. The molecule has 1 atom stereocenters. The van der Waals surface area contributed by atoms with Crippen LogP contribution in [0.2, 0.25) is 0 Å². The summed E-state index contributed by atoms with van der Waals surface area (Å²) in [6, 6.07) is -0.288. The summed E-state index contributed by atoms with van der Waals surface area (Å²) in [6.07, 6.45) is -0.394. The first-order chi connectivity index (χ1) is 7.62. The van der Waals surface area contributed by atoms with Crippen molar-refractivity contribution < 1.29 is 17.9 Å². The average Bonchev–Trinajstić information content (AvgIpc) is 2.14. The molecule has 102 valence electrons. The van der Waals surface area contributed by atoms with Gasteiger partial charge in [0.25, 0.3) is 0 Å². The van der Waals surface area contributed by atoms with Crippen molar-refractivity contribution in [3.05, 3.63) is 0 Å². The van der Waals surface area contributed by atoms with Gasteiger partial charge in [0.2, 0.25) is 0 Å². The number of amides is 1. The van der Waals surface area contributed by atoms with Crippen LogP contribution in [-0.4, -0.2) is 33.0 Å². The van der Waals surface area contributed by atoms with Gasteiger partial charge >= 0.3 is 16.3 Å². The van der Waals surface area contributed by atoms with Crippen molar-refractivity contribution in [2.24, 2.45) is 5.41 Å². The Morgan fingerprint density at radius 1 is 1.41 bits per heavy atom. The van der Waals surface area contributed by atoms with E-state index in [2.05, 4.69) is 25.4 Å². The van der Waals surface area contributed by atoms with Crippen molar-refractivity contribution in [1.29, 1.82) is 0 Å². The monoisotopic (exact) mass is 330 g/mol. The van der Waals surface area contributed by atoms with Gasteiger partial charge in [0.05, 0.1) is 7.11 Å². The standard InChI is InChI=1S/C9H19BrN2O4S/c1-9(2,3)7(5-6-10)11-17(14,15)12-8(13)16-4/h7,11H,5-6H2,1-4H3,(H,12,13). The fraction of sp³-hybridized carbons (Fsp3) is 0.889. The maximum absolute atomic E-state index is 11.6. The molecule has 0 rings (SSSR count). The smallest absolute Gasteiger partial charge is 0.421 e. The third-order valence-electron chi connectivity index (χ3n) is 2.14. The predicted molar refractivity (Wildman–Crippen MR) is 69.3 cm³/mol. The molecule has 17 heavy (non-hydrogen) atoms. The van der Waals surface area contributed by atoms with Gasteiger partial charge in [0.1, 0.15) is 0 Å². The molecule has 0 saturated heterocycles. The molecule has 0 radical (unpaired) electrons. The van der Waals surface area contributed by atoms with Crippen LogP contribution in [-0.2, 0) is 14.9 Å². The van der Waals surface area contributed by atoms with Crippen molar-refractivity contribution in [3.63, 3.8) is 0 Å². The second-order valence-electron chi connectivity index (χ2n) is 4.61. The molecular formula is C9H19BrN2O4S. The van der Waals surface area contributed by atoms with Crippen LogP contribution >= 0.6 is 15.9 Å². The van der Waals surface area contributed by atoms with Crippen LogP contribution < -0.4 is 9.44 Å². The zero-order chi connectivity index (χ0) is 13.7. The third-order valence-corrected chi connectivity index (χ3v) is 3.63. The summed E-state index contributed by atoms with van der Waals surface area (Å²) >= 11 is 3.27. The van der Waals surface area contributed by atoms with Crippen molar-refractivity contribution in [3.8, 4) is 0 Å². The molecule has 1 unspecified atom stereocenters. The van der Waals surface area contributed by atoms with Crippen LogP contribution in [0.4, 0.5) is 4.79 Å². The van der Waals surface area contributed by atoms with E-state index in [9.17, 15) is 13.2 Å². The lowest BCUT2D eigenvalue weighted by molar-refractivity contribution is 0.177. The van der Waals surface area contributed by atoms with Crippen LogP contribution in [0.1, 0.15) is 27.2 Å². The summed E-state index contributed by atoms with van der Waals surface area (Å²) in [5.74, 6) is 0. The molecule has 6 nitrogen and oxygen atoms in total. The van der Waals surface area contributed by atoms with Gasteiger partial charge in [-0.3, -0.25) is 0 Å². The minimum Gasteiger partial charge on any atom is -0.452 e. The fourth-order valence-electron chi connectivity index (χ4n) is 1.15. The molecule has 0 aromatic heterocycles. The molecule has 0 aromatic carbocycles. The summed E-state index contributed by atoms with van der Waals surface area (Å²) < 4.78 is 31.6. The number of rotatable bonds is 5. The number of ether oxygens (including phenoxy) is 1. The summed E-state index contributed by atoms with van der Waals surface area (Å²) in [6.45, 7) is 5.75. The van der Waals surface area contributed by atoms with Crippen LogP contribution in [0.15, 0.2) is 0 Å². The normalized spacial score (nSPS) is 14.2. The first-order valence-electron chi connectivity index (χ1n) is 5.06. The minimum atomic E-state index is -3.89. The molecular weight excluding hydrogens is 312 g/mol. The molecule has 0 fully saturated rings. The number of carbonyl (C=O) groups is 1. The van der Waals surface area contributed by atoms with E-state index in [1.54, 1.807) is 4.72 Å². The van der Waals surface area contributed by atoms with Gasteiger partial charge in [-0.2, -0.15) is 13.1 Å². The van der Waals surface area contributed by atoms with Crippen molar-refractivity contribution in [1.82, 2.24) is 9.44 Å². The third kappa shape index (κ3) is 6.85. The highest BCUT2D eigenvalue weighted by atomic mass is 79.9. The second-order valence-corrected chi connectivity index (χ2v) is 6.85. The quantitative estimate of drug-likeness (QED) is 0.746. The summed E-state index contributed by atoms with van der Waals surface area (Å²) in [7, 11) is -2.79. The second kappa shape index (κ2) is 6.55. The Morgan fingerprint density at radius 2 is 1.94 bits per heavy atom. The average molecular weight is 331 g/mol. The van der Waals surface area contributed by atoms with Crippen molar-refractivity contribution in [2.45, 2.75) is 33.2 Å². The molecule has 0 aliphatic rings. The number of halogens is 1. The Morgan fingerprint density at radius 3 is 2.29 bits per heavy atom. The van der Waals surface area contributed by atoms with E-state index in [0.717, 1.165) is 7.11 Å². The van der Waals surface area contributed by atoms with Gasteiger partial charge in [-0.15, -0.1) is 0 Å².